The van der Waals surface area contributed by atoms with Gasteiger partial charge in [-0.15, -0.1) is 0 Å². The molecule has 2 atom stereocenters. The van der Waals surface area contributed by atoms with E-state index in [0.717, 1.165) is 10.6 Å². The van der Waals surface area contributed by atoms with Gasteiger partial charge in [0.25, 0.3) is 0 Å². The highest BCUT2D eigenvalue weighted by Crippen LogP contribution is 2.03. The fraction of sp³-hybridized carbons (Fsp3) is 0.667. The summed E-state index contributed by atoms with van der Waals surface area (Å²) in [6.45, 7) is 4.40. The Balaban J connectivity index is 0.00000169. The predicted octanol–water partition coefficient (Wildman–Crippen LogP) is -3.77. The molecule has 2 N–H and O–H groups in total. The van der Waals surface area contributed by atoms with Crippen LogP contribution in [0.4, 0.5) is 4.79 Å². The molecule has 14 heavy (non-hydrogen) atoms. The first kappa shape index (κ1) is 13.4. The second-order valence-electron chi connectivity index (χ2n) is 3.46. The number of nitrogens with one attached hydrogen (secondary N) is 1. The van der Waals surface area contributed by atoms with E-state index in [9.17, 15) is 4.79 Å². The first-order chi connectivity index (χ1) is 6.07. The first-order valence-corrected chi connectivity index (χ1v) is 4.50. The number of aliphatic hydroxyl groups is 1. The Bertz CT molecular complexity index is 243. The monoisotopic (exact) mass is 220 g/mol. The normalized spacial score (nSPS) is 27.0. The van der Waals surface area contributed by atoms with Gasteiger partial charge in [-0.3, -0.25) is 4.90 Å². The molecule has 0 aromatic rings. The van der Waals surface area contributed by atoms with E-state index >= 15 is 0 Å². The van der Waals surface area contributed by atoms with Crippen LogP contribution >= 0.6 is 0 Å². The van der Waals surface area contributed by atoms with Crippen molar-refractivity contribution in [2.24, 2.45) is 0 Å². The zero-order valence-electron chi connectivity index (χ0n) is 8.75. The molecule has 0 aliphatic carbocycles. The van der Waals surface area contributed by atoms with E-state index in [1.807, 2.05) is 19.9 Å². The van der Waals surface area contributed by atoms with Gasteiger partial charge in [0.1, 0.15) is 12.2 Å². The number of carbonyl (C=O) groups is 1. The van der Waals surface area contributed by atoms with Crippen molar-refractivity contribution in [2.75, 3.05) is 20.2 Å². The second kappa shape index (κ2) is 5.34. The summed E-state index contributed by atoms with van der Waals surface area (Å²) in [5.41, 5.74) is 1.00. The zero-order valence-corrected chi connectivity index (χ0v) is 9.51. The molecular formula is C9H17ClN2O2. The summed E-state index contributed by atoms with van der Waals surface area (Å²) in [6.07, 6.45) is 2.05. The van der Waals surface area contributed by atoms with Gasteiger partial charge >= 0.3 is 6.03 Å². The molecule has 5 heteroatoms. The van der Waals surface area contributed by atoms with Crippen LogP contribution in [0.1, 0.15) is 13.8 Å². The maximum Gasteiger partial charge on any atom is 0.422 e. The summed E-state index contributed by atoms with van der Waals surface area (Å²) >= 11 is 0. The lowest BCUT2D eigenvalue weighted by Gasteiger charge is -2.30. The summed E-state index contributed by atoms with van der Waals surface area (Å²) < 4.78 is 0. The van der Waals surface area contributed by atoms with E-state index < -0.39 is 0 Å². The molecule has 0 saturated heterocycles. The Kier molecular flexibility index (Phi) is 5.12. The molecule has 0 aromatic carbocycles. The molecule has 1 rings (SSSR count). The second-order valence-corrected chi connectivity index (χ2v) is 3.46. The van der Waals surface area contributed by atoms with Crippen molar-refractivity contribution >= 4 is 6.03 Å². The average molecular weight is 221 g/mol. The van der Waals surface area contributed by atoms with Gasteiger partial charge in [-0.2, -0.15) is 0 Å². The highest BCUT2D eigenvalue weighted by atomic mass is 35.5. The zero-order chi connectivity index (χ0) is 10.0. The van der Waals surface area contributed by atoms with Gasteiger partial charge in [-0.1, -0.05) is 0 Å². The van der Waals surface area contributed by atoms with Crippen LogP contribution in [0.3, 0.4) is 0 Å². The lowest BCUT2D eigenvalue weighted by Crippen LogP contribution is -3.15. The van der Waals surface area contributed by atoms with Gasteiger partial charge in [0.05, 0.1) is 12.6 Å². The van der Waals surface area contributed by atoms with Crippen LogP contribution in [0.25, 0.3) is 0 Å². The highest BCUT2D eigenvalue weighted by Gasteiger charge is 2.32. The van der Waals surface area contributed by atoms with Crippen LogP contribution < -0.4 is 17.3 Å². The van der Waals surface area contributed by atoms with Crippen molar-refractivity contribution in [1.82, 2.24) is 4.90 Å². The Morgan fingerprint density at radius 1 is 1.64 bits per heavy atom. The maximum atomic E-state index is 11.7. The van der Waals surface area contributed by atoms with E-state index in [4.69, 9.17) is 5.11 Å². The minimum Gasteiger partial charge on any atom is -1.00 e. The summed E-state index contributed by atoms with van der Waals surface area (Å²) in [6, 6.07) is 0.205. The fourth-order valence-corrected chi connectivity index (χ4v) is 1.56. The number of halogens is 1. The summed E-state index contributed by atoms with van der Waals surface area (Å²) in [5, 5.41) is 8.79. The number of carbonyl (C=O) groups excluding carboxylic acids is 1. The van der Waals surface area contributed by atoms with Crippen molar-refractivity contribution in [2.45, 2.75) is 19.9 Å². The summed E-state index contributed by atoms with van der Waals surface area (Å²) in [4.78, 5) is 14.1. The number of rotatable bonds is 2. The number of hydrogen-bond acceptors (Lipinski definition) is 2. The van der Waals surface area contributed by atoms with Crippen LogP contribution in [-0.2, 0) is 0 Å². The van der Waals surface area contributed by atoms with Crippen LogP contribution in [0.5, 0.6) is 0 Å². The molecule has 1 aliphatic heterocycles. The number of hydrogen-bond donors (Lipinski definition) is 2. The van der Waals surface area contributed by atoms with Crippen LogP contribution in [0, 0.1) is 0 Å². The van der Waals surface area contributed by atoms with Gasteiger partial charge in [-0.25, -0.2) is 9.69 Å². The van der Waals surface area contributed by atoms with Crippen molar-refractivity contribution in [3.8, 4) is 0 Å². The molecule has 82 valence electrons. The SMILES string of the molecule is CC1=CC(C)N(C)C(=O)[NH+]1CCO.[Cl-]. The standard InChI is InChI=1S/C9H16N2O2.ClH/c1-7-6-8(2)11(4-5-12)9(13)10(7)3;/h6-7,12H,4-5H2,1-3H3;1H. The van der Waals surface area contributed by atoms with E-state index in [-0.39, 0.29) is 31.1 Å². The van der Waals surface area contributed by atoms with Gasteiger partial charge in [0, 0.05) is 14.0 Å². The summed E-state index contributed by atoms with van der Waals surface area (Å²) in [5.74, 6) is 0. The lowest BCUT2D eigenvalue weighted by molar-refractivity contribution is -0.780. The molecule has 4 nitrogen and oxygen atoms in total. The molecule has 0 spiro atoms. The third kappa shape index (κ3) is 2.47. The van der Waals surface area contributed by atoms with Gasteiger partial charge in [0.2, 0.25) is 0 Å². The van der Waals surface area contributed by atoms with E-state index in [1.54, 1.807) is 11.9 Å². The Morgan fingerprint density at radius 3 is 2.71 bits per heavy atom. The minimum absolute atomic E-state index is 0. The lowest BCUT2D eigenvalue weighted by atomic mass is 10.2. The van der Waals surface area contributed by atoms with Gasteiger partial charge in [-0.05, 0) is 13.0 Å². The topological polar surface area (TPSA) is 45.0 Å². The predicted molar refractivity (Wildman–Crippen MR) is 49.3 cm³/mol. The van der Waals surface area contributed by atoms with Crippen molar-refractivity contribution in [1.29, 1.82) is 0 Å². The molecule has 1 heterocycles. The van der Waals surface area contributed by atoms with E-state index in [1.165, 1.54) is 0 Å². The number of allylic oxidation sites excluding steroid dienone is 1. The molecule has 0 aromatic heterocycles. The molecule has 2 unspecified atom stereocenters. The minimum atomic E-state index is 0. The number of nitrogens with zero attached hydrogens (tertiary/aromatic N) is 1. The van der Waals surface area contributed by atoms with Crippen molar-refractivity contribution in [3.63, 3.8) is 0 Å². The van der Waals surface area contributed by atoms with Crippen LogP contribution in [0.2, 0.25) is 0 Å². The number of urea groups is 1. The molecular weight excluding hydrogens is 204 g/mol. The smallest absolute Gasteiger partial charge is 0.422 e. The maximum absolute atomic E-state index is 11.7. The third-order valence-corrected chi connectivity index (χ3v) is 2.52. The van der Waals surface area contributed by atoms with E-state index in [0.29, 0.717) is 6.54 Å². The van der Waals surface area contributed by atoms with E-state index in [2.05, 4.69) is 0 Å². The average Bonchev–Trinajstić information content (AvgIpc) is 2.09. The van der Waals surface area contributed by atoms with Crippen molar-refractivity contribution < 1.29 is 27.2 Å². The van der Waals surface area contributed by atoms with Gasteiger partial charge < -0.3 is 17.5 Å². The number of amides is 2. The number of quaternary nitrogens is 1. The molecule has 2 amide bonds. The molecule has 0 bridgehead atoms. The molecule has 0 fully saturated rings. The first-order valence-electron chi connectivity index (χ1n) is 4.50. The summed E-state index contributed by atoms with van der Waals surface area (Å²) in [7, 11) is 1.79. The third-order valence-electron chi connectivity index (χ3n) is 2.52. The largest absolute Gasteiger partial charge is 1.00 e. The number of aliphatic hydroxyl groups excluding tert-OH is 1. The number of likely N-dealkylation sites (N-methyl/N-ethyl adjacent to an activating group) is 1. The Hall–Kier alpha value is -0.580. The van der Waals surface area contributed by atoms with Gasteiger partial charge in [0.15, 0.2) is 0 Å². The molecule has 0 radical (unpaired) electrons. The Morgan fingerprint density at radius 2 is 2.21 bits per heavy atom. The highest BCUT2D eigenvalue weighted by molar-refractivity contribution is 5.67. The Labute approximate surface area is 90.6 Å². The van der Waals surface area contributed by atoms with Crippen LogP contribution in [-0.4, -0.2) is 42.3 Å². The van der Waals surface area contributed by atoms with Crippen LogP contribution in [0.15, 0.2) is 11.8 Å². The molecule has 1 aliphatic rings. The molecule has 0 saturated carbocycles. The quantitative estimate of drug-likeness (QED) is 0.502. The van der Waals surface area contributed by atoms with Crippen molar-refractivity contribution in [3.05, 3.63) is 11.8 Å². The fourth-order valence-electron chi connectivity index (χ4n) is 1.56.